The second-order valence-electron chi connectivity index (χ2n) is 12.5. The molecule has 8 heteroatoms. The maximum absolute atomic E-state index is 13.2. The van der Waals surface area contributed by atoms with Crippen molar-refractivity contribution < 1.29 is 19.1 Å². The first-order valence-corrected chi connectivity index (χ1v) is 14.6. The first-order valence-electron chi connectivity index (χ1n) is 14.6. The van der Waals surface area contributed by atoms with Crippen molar-refractivity contribution in [2.45, 2.75) is 83.1 Å². The van der Waals surface area contributed by atoms with Crippen LogP contribution in [0.1, 0.15) is 77.6 Å². The van der Waals surface area contributed by atoms with Crippen LogP contribution in [-0.2, 0) is 14.3 Å². The van der Waals surface area contributed by atoms with Crippen LogP contribution >= 0.6 is 0 Å². The molecular weight excluding hydrogens is 456 g/mol. The smallest absolute Gasteiger partial charge is 0.314 e. The van der Waals surface area contributed by atoms with Gasteiger partial charge in [-0.2, -0.15) is 0 Å². The van der Waals surface area contributed by atoms with E-state index in [2.05, 4.69) is 16.0 Å². The summed E-state index contributed by atoms with van der Waals surface area (Å²) >= 11 is 0. The average molecular weight is 503 g/mol. The first kappa shape index (κ1) is 25.8. The quantitative estimate of drug-likeness (QED) is 0.475. The van der Waals surface area contributed by atoms with E-state index in [-0.39, 0.29) is 23.4 Å². The lowest BCUT2D eigenvalue weighted by Gasteiger charge is -2.61. The van der Waals surface area contributed by atoms with Gasteiger partial charge < -0.3 is 25.6 Å². The Morgan fingerprint density at radius 1 is 0.861 bits per heavy atom. The van der Waals surface area contributed by atoms with Gasteiger partial charge in [-0.1, -0.05) is 0 Å². The third-order valence-electron chi connectivity index (χ3n) is 10.2. The van der Waals surface area contributed by atoms with E-state index >= 15 is 0 Å². The number of hydrogen-bond donors (Lipinski definition) is 3. The predicted molar refractivity (Wildman–Crippen MR) is 137 cm³/mol. The number of carbonyl (C=O) groups is 3. The Morgan fingerprint density at radius 3 is 2.11 bits per heavy atom. The third kappa shape index (κ3) is 5.84. The number of nitrogens with zero attached hydrogens (tertiary/aromatic N) is 1. The van der Waals surface area contributed by atoms with Crippen LogP contribution in [0.5, 0.6) is 0 Å². The summed E-state index contributed by atoms with van der Waals surface area (Å²) in [6.07, 6.45) is 11.6. The highest BCUT2D eigenvalue weighted by Gasteiger charge is 2.57. The Bertz CT molecular complexity index is 775. The van der Waals surface area contributed by atoms with Crippen LogP contribution in [0.4, 0.5) is 4.79 Å². The van der Waals surface area contributed by atoms with Gasteiger partial charge in [0.05, 0.1) is 5.54 Å². The molecule has 8 nitrogen and oxygen atoms in total. The van der Waals surface area contributed by atoms with E-state index in [1.54, 1.807) is 6.92 Å². The molecule has 3 N–H and O–H groups in total. The molecule has 6 aliphatic rings. The monoisotopic (exact) mass is 502 g/mol. The molecule has 0 aromatic rings. The van der Waals surface area contributed by atoms with Crippen molar-refractivity contribution in [3.8, 4) is 0 Å². The number of likely N-dealkylation sites (tertiary alicyclic amines) is 1. The molecule has 6 rings (SSSR count). The van der Waals surface area contributed by atoms with E-state index in [1.807, 2.05) is 4.90 Å². The fourth-order valence-electron chi connectivity index (χ4n) is 8.23. The SMILES string of the molecule is CC(=O)N1CCC(CNC(=O)NCC2(NC(=O)CCC3CCOCC3)C3CC4CC(C3)CC2C4)CC1. The number of piperidine rings is 1. The zero-order valence-electron chi connectivity index (χ0n) is 22.1. The fraction of sp³-hybridized carbons (Fsp3) is 0.893. The summed E-state index contributed by atoms with van der Waals surface area (Å²) in [7, 11) is 0. The van der Waals surface area contributed by atoms with Crippen molar-refractivity contribution in [2.75, 3.05) is 39.4 Å². The summed E-state index contributed by atoms with van der Waals surface area (Å²) in [6, 6.07) is -0.131. The van der Waals surface area contributed by atoms with E-state index in [4.69, 9.17) is 4.74 Å². The molecule has 0 spiro atoms. The Morgan fingerprint density at radius 2 is 1.50 bits per heavy atom. The van der Waals surface area contributed by atoms with E-state index in [1.165, 1.54) is 32.1 Å². The molecule has 2 aliphatic heterocycles. The molecule has 6 fully saturated rings. The molecule has 4 saturated carbocycles. The zero-order chi connectivity index (χ0) is 25.1. The third-order valence-corrected chi connectivity index (χ3v) is 10.2. The summed E-state index contributed by atoms with van der Waals surface area (Å²) in [5.74, 6) is 3.83. The highest BCUT2D eigenvalue weighted by Crippen LogP contribution is 2.58. The average Bonchev–Trinajstić information content (AvgIpc) is 2.88. The molecular formula is C28H46N4O4. The zero-order valence-corrected chi connectivity index (χ0v) is 22.1. The van der Waals surface area contributed by atoms with Crippen LogP contribution in [0.3, 0.4) is 0 Å². The molecule has 4 bridgehead atoms. The lowest BCUT2D eigenvalue weighted by atomic mass is 9.48. The molecule has 0 radical (unpaired) electrons. The summed E-state index contributed by atoms with van der Waals surface area (Å²) in [4.78, 5) is 39.5. The fourth-order valence-corrected chi connectivity index (χ4v) is 8.23. The van der Waals surface area contributed by atoms with Gasteiger partial charge in [-0.15, -0.1) is 0 Å². The van der Waals surface area contributed by atoms with Gasteiger partial charge >= 0.3 is 6.03 Å². The Kier molecular flexibility index (Phi) is 8.08. The van der Waals surface area contributed by atoms with Gasteiger partial charge in [-0.05, 0) is 99.7 Å². The van der Waals surface area contributed by atoms with E-state index < -0.39 is 0 Å². The molecule has 2 saturated heterocycles. The van der Waals surface area contributed by atoms with Crippen molar-refractivity contribution in [3.05, 3.63) is 0 Å². The molecule has 36 heavy (non-hydrogen) atoms. The molecule has 2 heterocycles. The van der Waals surface area contributed by atoms with Crippen LogP contribution in [-0.4, -0.2) is 67.7 Å². The van der Waals surface area contributed by atoms with Crippen molar-refractivity contribution in [1.82, 2.24) is 20.9 Å². The van der Waals surface area contributed by atoms with Gasteiger partial charge in [0.2, 0.25) is 11.8 Å². The van der Waals surface area contributed by atoms with E-state index in [0.29, 0.717) is 43.2 Å². The summed E-state index contributed by atoms with van der Waals surface area (Å²) in [6.45, 7) is 5.97. The van der Waals surface area contributed by atoms with Gasteiger partial charge in [0, 0.05) is 52.7 Å². The van der Waals surface area contributed by atoms with Crippen molar-refractivity contribution in [2.24, 2.45) is 35.5 Å². The molecule has 4 aliphatic carbocycles. The summed E-state index contributed by atoms with van der Waals surface area (Å²) < 4.78 is 5.47. The van der Waals surface area contributed by atoms with Gasteiger partial charge in [0.25, 0.3) is 0 Å². The van der Waals surface area contributed by atoms with Gasteiger partial charge in [-0.25, -0.2) is 4.79 Å². The largest absolute Gasteiger partial charge is 0.381 e. The maximum Gasteiger partial charge on any atom is 0.314 e. The second kappa shape index (κ2) is 11.3. The Labute approximate surface area is 216 Å². The molecule has 0 aromatic carbocycles. The number of carbonyl (C=O) groups excluding carboxylic acids is 3. The van der Waals surface area contributed by atoms with Crippen LogP contribution in [0.15, 0.2) is 0 Å². The highest BCUT2D eigenvalue weighted by molar-refractivity contribution is 5.78. The number of amides is 4. The standard InChI is InChI=1S/C28H46N4O4/c1-19(33)32-8-4-21(5-9-32)17-29-27(35)30-18-28(24-13-22-12-23(15-24)16-25(28)14-22)31-26(34)3-2-20-6-10-36-11-7-20/h20-25H,2-18H2,1H3,(H,31,34)(H2,29,30,35). The number of hydrogen-bond acceptors (Lipinski definition) is 4. The number of ether oxygens (including phenoxy) is 1. The van der Waals surface area contributed by atoms with E-state index in [0.717, 1.165) is 70.2 Å². The highest BCUT2D eigenvalue weighted by atomic mass is 16.5. The lowest BCUT2D eigenvalue weighted by molar-refractivity contribution is -0.132. The minimum atomic E-state index is -0.301. The maximum atomic E-state index is 13.2. The topological polar surface area (TPSA) is 99.8 Å². The molecule has 4 amide bonds. The minimum Gasteiger partial charge on any atom is -0.381 e. The molecule has 0 atom stereocenters. The van der Waals surface area contributed by atoms with Crippen molar-refractivity contribution >= 4 is 17.8 Å². The Hall–Kier alpha value is -1.83. The van der Waals surface area contributed by atoms with Crippen molar-refractivity contribution in [3.63, 3.8) is 0 Å². The van der Waals surface area contributed by atoms with Crippen LogP contribution in [0.2, 0.25) is 0 Å². The molecule has 0 unspecified atom stereocenters. The van der Waals surface area contributed by atoms with Crippen molar-refractivity contribution in [1.29, 1.82) is 0 Å². The first-order chi connectivity index (χ1) is 17.4. The number of urea groups is 1. The molecule has 0 aromatic heterocycles. The van der Waals surface area contributed by atoms with Crippen LogP contribution < -0.4 is 16.0 Å². The second-order valence-corrected chi connectivity index (χ2v) is 12.5. The van der Waals surface area contributed by atoms with Gasteiger partial charge in [0.1, 0.15) is 0 Å². The lowest BCUT2D eigenvalue weighted by Crippen LogP contribution is -2.70. The minimum absolute atomic E-state index is 0.131. The predicted octanol–water partition coefficient (Wildman–Crippen LogP) is 3.06. The summed E-state index contributed by atoms with van der Waals surface area (Å²) in [5.41, 5.74) is -0.301. The normalized spacial score (nSPS) is 34.4. The Balaban J connectivity index is 1.14. The van der Waals surface area contributed by atoms with Crippen LogP contribution in [0.25, 0.3) is 0 Å². The van der Waals surface area contributed by atoms with E-state index in [9.17, 15) is 14.4 Å². The van der Waals surface area contributed by atoms with Gasteiger partial charge in [-0.3, -0.25) is 9.59 Å². The number of nitrogens with one attached hydrogen (secondary N) is 3. The molecule has 202 valence electrons. The number of rotatable bonds is 8. The summed E-state index contributed by atoms with van der Waals surface area (Å²) in [5, 5.41) is 9.80. The van der Waals surface area contributed by atoms with Crippen LogP contribution in [0, 0.1) is 35.5 Å². The van der Waals surface area contributed by atoms with Gasteiger partial charge in [0.15, 0.2) is 0 Å².